The molecule has 1 atom stereocenters. The van der Waals surface area contributed by atoms with Crippen LogP contribution in [0.1, 0.15) is 22.3 Å². The minimum atomic E-state index is -4.49. The molecular formula is C14H14F3N3O2S. The van der Waals surface area contributed by atoms with E-state index in [0.717, 1.165) is 22.3 Å². The lowest BCUT2D eigenvalue weighted by molar-refractivity contribution is -0.140. The molecule has 2 aromatic rings. The number of aliphatic hydroxyl groups is 1. The van der Waals surface area contributed by atoms with Gasteiger partial charge in [0.1, 0.15) is 5.01 Å². The average Bonchev–Trinajstić information content (AvgIpc) is 3.00. The number of rotatable bonds is 5. The first-order valence-electron chi connectivity index (χ1n) is 6.62. The van der Waals surface area contributed by atoms with Crippen molar-refractivity contribution in [3.63, 3.8) is 0 Å². The number of amides is 2. The second-order valence-corrected chi connectivity index (χ2v) is 5.54. The molecule has 0 aliphatic rings. The molecule has 124 valence electrons. The van der Waals surface area contributed by atoms with E-state index >= 15 is 0 Å². The predicted octanol–water partition coefficient (Wildman–Crippen LogP) is 2.69. The zero-order chi connectivity index (χ0) is 16.9. The number of carbonyl (C=O) groups is 1. The van der Waals surface area contributed by atoms with Gasteiger partial charge >= 0.3 is 12.2 Å². The van der Waals surface area contributed by atoms with Gasteiger partial charge < -0.3 is 15.7 Å². The van der Waals surface area contributed by atoms with Crippen LogP contribution in [0, 0.1) is 0 Å². The molecule has 3 N–H and O–H groups in total. The first-order valence-corrected chi connectivity index (χ1v) is 7.50. The zero-order valence-corrected chi connectivity index (χ0v) is 12.6. The Kier molecular flexibility index (Phi) is 5.56. The third kappa shape index (κ3) is 4.93. The van der Waals surface area contributed by atoms with Gasteiger partial charge in [-0.05, 0) is 5.56 Å². The van der Waals surface area contributed by atoms with Crippen molar-refractivity contribution in [3.05, 3.63) is 52.0 Å². The van der Waals surface area contributed by atoms with E-state index in [2.05, 4.69) is 15.6 Å². The number of alkyl halides is 3. The third-order valence-corrected chi connectivity index (χ3v) is 3.78. The number of carbonyl (C=O) groups excluding carboxylic acids is 1. The number of hydrogen-bond donors (Lipinski definition) is 3. The first-order chi connectivity index (χ1) is 10.9. The van der Waals surface area contributed by atoms with E-state index in [4.69, 9.17) is 0 Å². The minimum absolute atomic E-state index is 0.125. The van der Waals surface area contributed by atoms with Crippen molar-refractivity contribution in [2.75, 3.05) is 6.61 Å². The van der Waals surface area contributed by atoms with Crippen LogP contribution in [-0.4, -0.2) is 22.7 Å². The molecule has 0 fully saturated rings. The summed E-state index contributed by atoms with van der Waals surface area (Å²) < 4.78 is 37.3. The molecule has 0 saturated carbocycles. The largest absolute Gasteiger partial charge is 0.434 e. The number of nitrogens with zero attached hydrogens (tertiary/aromatic N) is 1. The van der Waals surface area contributed by atoms with Gasteiger partial charge in [-0.1, -0.05) is 30.3 Å². The molecule has 2 rings (SSSR count). The van der Waals surface area contributed by atoms with Crippen LogP contribution in [0.5, 0.6) is 0 Å². The summed E-state index contributed by atoms with van der Waals surface area (Å²) >= 11 is 0.816. The average molecular weight is 345 g/mol. The Balaban J connectivity index is 1.88. The van der Waals surface area contributed by atoms with Crippen LogP contribution >= 0.6 is 11.3 Å². The Hall–Kier alpha value is -2.13. The van der Waals surface area contributed by atoms with Crippen molar-refractivity contribution >= 4 is 17.4 Å². The van der Waals surface area contributed by atoms with Crippen molar-refractivity contribution in [1.82, 2.24) is 15.6 Å². The van der Waals surface area contributed by atoms with Crippen molar-refractivity contribution in [3.8, 4) is 0 Å². The molecule has 0 aliphatic carbocycles. The van der Waals surface area contributed by atoms with E-state index < -0.39 is 23.9 Å². The molecule has 1 heterocycles. The van der Waals surface area contributed by atoms with Gasteiger partial charge in [-0.15, -0.1) is 11.3 Å². The van der Waals surface area contributed by atoms with Gasteiger partial charge in [0.05, 0.1) is 19.2 Å². The van der Waals surface area contributed by atoms with Crippen molar-refractivity contribution < 1.29 is 23.1 Å². The van der Waals surface area contributed by atoms with E-state index in [1.165, 1.54) is 0 Å². The van der Waals surface area contributed by atoms with Crippen LogP contribution in [0.3, 0.4) is 0 Å². The lowest BCUT2D eigenvalue weighted by atomic mass is 10.1. The van der Waals surface area contributed by atoms with Gasteiger partial charge in [0.25, 0.3) is 0 Å². The minimum Gasteiger partial charge on any atom is -0.394 e. The molecule has 2 amide bonds. The molecule has 0 unspecified atom stereocenters. The highest BCUT2D eigenvalue weighted by Crippen LogP contribution is 2.29. The highest BCUT2D eigenvalue weighted by molar-refractivity contribution is 7.09. The lowest BCUT2D eigenvalue weighted by Gasteiger charge is -2.16. The molecule has 0 aliphatic heterocycles. The molecule has 0 radical (unpaired) electrons. The van der Waals surface area contributed by atoms with Crippen molar-refractivity contribution in [1.29, 1.82) is 0 Å². The Morgan fingerprint density at radius 1 is 1.30 bits per heavy atom. The normalized spacial score (nSPS) is 12.7. The summed E-state index contributed by atoms with van der Waals surface area (Å²) in [6.07, 6.45) is -4.49. The number of thiazole rings is 1. The van der Waals surface area contributed by atoms with E-state index in [-0.39, 0.29) is 18.2 Å². The molecule has 5 nitrogen and oxygen atoms in total. The highest BCUT2D eigenvalue weighted by Gasteiger charge is 2.33. The second kappa shape index (κ2) is 7.42. The topological polar surface area (TPSA) is 74.2 Å². The van der Waals surface area contributed by atoms with Crippen LogP contribution in [0.2, 0.25) is 0 Å². The van der Waals surface area contributed by atoms with E-state index in [1.807, 2.05) is 0 Å². The second-order valence-electron chi connectivity index (χ2n) is 4.60. The van der Waals surface area contributed by atoms with E-state index in [9.17, 15) is 23.1 Å². The maximum Gasteiger partial charge on any atom is 0.434 e. The summed E-state index contributed by atoms with van der Waals surface area (Å²) in [6.45, 7) is -0.424. The predicted molar refractivity (Wildman–Crippen MR) is 78.8 cm³/mol. The van der Waals surface area contributed by atoms with Crippen LogP contribution in [0.4, 0.5) is 18.0 Å². The van der Waals surface area contributed by atoms with Gasteiger partial charge in [-0.3, -0.25) is 0 Å². The maximum atomic E-state index is 12.4. The molecule has 23 heavy (non-hydrogen) atoms. The van der Waals surface area contributed by atoms with E-state index in [0.29, 0.717) is 0 Å². The summed E-state index contributed by atoms with van der Waals surface area (Å²) in [4.78, 5) is 15.2. The number of aromatic nitrogens is 1. The smallest absolute Gasteiger partial charge is 0.394 e. The van der Waals surface area contributed by atoms with Crippen LogP contribution in [0.15, 0.2) is 35.7 Å². The number of aliphatic hydroxyl groups excluding tert-OH is 1. The monoisotopic (exact) mass is 345 g/mol. The van der Waals surface area contributed by atoms with Crippen LogP contribution in [0.25, 0.3) is 0 Å². The van der Waals surface area contributed by atoms with Crippen LogP contribution < -0.4 is 10.6 Å². The number of benzene rings is 1. The molecule has 1 aromatic carbocycles. The fourth-order valence-corrected chi connectivity index (χ4v) is 2.55. The van der Waals surface area contributed by atoms with Crippen molar-refractivity contribution in [2.24, 2.45) is 0 Å². The molecule has 1 aromatic heterocycles. The standard InChI is InChI=1S/C14H14F3N3O2S/c15-14(16,17)11-8-23-12(20-11)6-18-13(22)19-10(7-21)9-4-2-1-3-5-9/h1-5,8,10,21H,6-7H2,(H2,18,19,22)/t10-/m0/s1. The zero-order valence-electron chi connectivity index (χ0n) is 11.8. The van der Waals surface area contributed by atoms with Gasteiger partial charge in [0.2, 0.25) is 0 Å². The Morgan fingerprint density at radius 2 is 2.00 bits per heavy atom. The quantitative estimate of drug-likeness (QED) is 0.780. The Bertz CT molecular complexity index is 646. The summed E-state index contributed by atoms with van der Waals surface area (Å²) in [5, 5.41) is 15.3. The van der Waals surface area contributed by atoms with Crippen molar-refractivity contribution in [2.45, 2.75) is 18.8 Å². The molecule has 0 saturated heterocycles. The van der Waals surface area contributed by atoms with Gasteiger partial charge in [-0.2, -0.15) is 13.2 Å². The number of hydrogen-bond acceptors (Lipinski definition) is 4. The number of nitrogens with one attached hydrogen (secondary N) is 2. The Morgan fingerprint density at radius 3 is 2.57 bits per heavy atom. The SMILES string of the molecule is O=C(NCc1nc(C(F)(F)F)cs1)N[C@@H](CO)c1ccccc1. The number of urea groups is 1. The third-order valence-electron chi connectivity index (χ3n) is 2.93. The molecule has 9 heteroatoms. The summed E-state index contributed by atoms with van der Waals surface area (Å²) in [5.74, 6) is 0. The Labute approximate surface area is 134 Å². The molecule has 0 spiro atoms. The maximum absolute atomic E-state index is 12.4. The fourth-order valence-electron chi connectivity index (χ4n) is 1.81. The number of halogens is 3. The molecular weight excluding hydrogens is 331 g/mol. The summed E-state index contributed by atoms with van der Waals surface area (Å²) in [6, 6.07) is 7.64. The lowest BCUT2D eigenvalue weighted by Crippen LogP contribution is -2.38. The van der Waals surface area contributed by atoms with Crippen LogP contribution in [-0.2, 0) is 12.7 Å². The highest BCUT2D eigenvalue weighted by atomic mass is 32.1. The van der Waals surface area contributed by atoms with Gasteiger partial charge in [0, 0.05) is 5.38 Å². The summed E-state index contributed by atoms with van der Waals surface area (Å²) in [7, 11) is 0. The van der Waals surface area contributed by atoms with Gasteiger partial charge in [-0.25, -0.2) is 9.78 Å². The van der Waals surface area contributed by atoms with E-state index in [1.54, 1.807) is 30.3 Å². The fraction of sp³-hybridized carbons (Fsp3) is 0.286. The first kappa shape index (κ1) is 17.2. The summed E-state index contributed by atoms with van der Waals surface area (Å²) in [5.41, 5.74) is -0.254. The molecule has 0 bridgehead atoms. The van der Waals surface area contributed by atoms with Gasteiger partial charge in [0.15, 0.2) is 5.69 Å².